The van der Waals surface area contributed by atoms with Gasteiger partial charge >= 0.3 is 73.4 Å². The second-order valence-corrected chi connectivity index (χ2v) is 27.9. The molecule has 0 heterocycles. The highest BCUT2D eigenvalue weighted by molar-refractivity contribution is 9.25. The van der Waals surface area contributed by atoms with Gasteiger partial charge in [-0.15, -0.1) is 0 Å². The third-order valence-electron chi connectivity index (χ3n) is 7.91. The minimum Gasteiger partial charge on any atom is -0.217 e. The van der Waals surface area contributed by atoms with E-state index in [1.807, 2.05) is 0 Å². The van der Waals surface area contributed by atoms with Gasteiger partial charge in [-0.25, -0.2) is 43.9 Å². The molecule has 47 heteroatoms. The van der Waals surface area contributed by atoms with Crippen molar-refractivity contribution < 1.29 is 151 Å². The molecule has 0 amide bonds. The average molecular weight is 1820 g/mol. The van der Waals surface area contributed by atoms with Crippen LogP contribution in [0.15, 0.2) is 0 Å². The maximum absolute atomic E-state index is 15.4. The summed E-state index contributed by atoms with van der Waals surface area (Å²) < 4.78 is 432. The van der Waals surface area contributed by atoms with E-state index in [1.165, 1.54) is 0 Å². The first-order chi connectivity index (χ1) is 27.5. The van der Waals surface area contributed by atoms with Gasteiger partial charge in [-0.2, -0.15) is 87.8 Å². The van der Waals surface area contributed by atoms with E-state index in [0.717, 1.165) is 31.9 Å². The maximum Gasteiger partial charge on any atom is 0.429 e. The van der Waals surface area contributed by atoms with Crippen LogP contribution in [-0.2, 0) is 0 Å². The molecule has 0 aliphatic heterocycles. The third kappa shape index (κ3) is 8.72. The molecule has 408 valence electrons. The molecule has 0 nitrogen and oxygen atoms in total. The van der Waals surface area contributed by atoms with E-state index >= 15 is 70.2 Å². The highest BCUT2D eigenvalue weighted by atomic mass is 79.9. The van der Waals surface area contributed by atoms with Crippen molar-refractivity contribution in [2.45, 2.75) is 103 Å². The van der Waals surface area contributed by atoms with Gasteiger partial charge in [0.2, 0.25) is 0 Å². The number of halogens is 46. The van der Waals surface area contributed by atoms with Crippen molar-refractivity contribution >= 4 is 185 Å². The summed E-state index contributed by atoms with van der Waals surface area (Å²) in [5, 5.41) is -9.31. The zero-order valence-electron chi connectivity index (χ0n) is 27.8. The summed E-state index contributed by atoms with van der Waals surface area (Å²) in [4.78, 5) is 0. The fourth-order valence-electron chi connectivity index (χ4n) is 3.76. The number of hydrogen-bond acceptors (Lipinski definition) is 0. The van der Waals surface area contributed by atoms with Crippen LogP contribution in [0.3, 0.4) is 0 Å². The first-order valence-corrected chi connectivity index (χ1v) is 24.1. The third-order valence-corrected chi connectivity index (χ3v) is 19.4. The van der Waals surface area contributed by atoms with Crippen LogP contribution in [0.2, 0.25) is 0 Å². The minimum absolute atomic E-state index is 0.0128. The van der Waals surface area contributed by atoms with E-state index < -0.39 is 113 Å². The Morgan fingerprint density at radius 1 is 0.179 bits per heavy atom. The number of hydrogen-bond donors (Lipinski definition) is 0. The summed E-state index contributed by atoms with van der Waals surface area (Å²) in [5.74, 6) is -75.5. The molecule has 9 atom stereocenters. The van der Waals surface area contributed by atoms with Crippen molar-refractivity contribution in [2.75, 3.05) is 0 Å². The molecule has 0 aromatic rings. The van der Waals surface area contributed by atoms with E-state index in [0.29, 0.717) is 15.9 Å². The van der Waals surface area contributed by atoms with Gasteiger partial charge in [-0.1, -0.05) is 19.4 Å². The summed E-state index contributed by atoms with van der Waals surface area (Å²) in [5.41, 5.74) is 0. The molecule has 0 rings (SSSR count). The zero-order valence-corrected chi connectivity index (χ0v) is 46.1. The monoisotopic (exact) mass is 1810 g/mol. The summed E-state index contributed by atoms with van der Waals surface area (Å²) >= 11 is 1.66. The highest BCUT2D eigenvalue weighted by Gasteiger charge is 3.01. The maximum atomic E-state index is 15.4. The van der Waals surface area contributed by atoms with Crippen molar-refractivity contribution in [3.8, 4) is 0 Å². The predicted octanol–water partition coefficient (Wildman–Crippen LogP) is 20.6. The largest absolute Gasteiger partial charge is 0.429 e. The molecule has 0 N–H and O–H groups in total. The molecule has 0 saturated heterocycles. The van der Waals surface area contributed by atoms with Gasteiger partial charge in [0, 0.05) is 0 Å². The van der Waals surface area contributed by atoms with Crippen LogP contribution < -0.4 is 0 Å². The van der Waals surface area contributed by atoms with Crippen LogP contribution in [0.1, 0.15) is 0 Å². The van der Waals surface area contributed by atoms with Crippen LogP contribution in [0.4, 0.5) is 151 Å². The fraction of sp³-hybridized carbons (Fsp3) is 1.00. The van der Waals surface area contributed by atoms with Crippen molar-refractivity contribution in [2.24, 2.45) is 0 Å². The molecule has 0 saturated carbocycles. The molecule has 0 radical (unpaired) electrons. The van der Waals surface area contributed by atoms with Crippen LogP contribution in [-0.4, -0.2) is 103 Å². The molecule has 0 aliphatic rings. The van der Waals surface area contributed by atoms with E-state index in [-0.39, 0.29) is 127 Å². The minimum atomic E-state index is -13.5. The first kappa shape index (κ1) is 70.2. The lowest BCUT2D eigenvalue weighted by atomic mass is 9.86. The van der Waals surface area contributed by atoms with Gasteiger partial charge in [-0.05, 0) is 175 Å². The lowest BCUT2D eigenvalue weighted by molar-refractivity contribution is -0.349. The van der Waals surface area contributed by atoms with E-state index in [9.17, 15) is 80.9 Å². The number of alkyl halides is 41. The normalized spacial score (nSPS) is 25.0. The van der Waals surface area contributed by atoms with Crippen molar-refractivity contribution in [3.63, 3.8) is 0 Å². The summed E-state index contributed by atoms with van der Waals surface area (Å²) in [6.45, 7) is 0. The molecule has 9 unspecified atom stereocenters. The first-order valence-electron chi connectivity index (χ1n) is 13.5. The van der Waals surface area contributed by atoms with Crippen molar-refractivity contribution in [1.29, 1.82) is 0 Å². The molecule has 0 aromatic carbocycles. The Hall–Kier alpha value is 3.18. The molecular formula is C20Br11F35S. The Bertz CT molecular complexity index is 1880. The lowest BCUT2D eigenvalue weighted by Crippen LogP contribution is -2.79. The molecule has 67 heavy (non-hydrogen) atoms. The highest BCUT2D eigenvalue weighted by Crippen LogP contribution is 3.06. The van der Waals surface area contributed by atoms with Crippen LogP contribution in [0.25, 0.3) is 0 Å². The van der Waals surface area contributed by atoms with E-state index in [1.54, 1.807) is 0 Å². The smallest absolute Gasteiger partial charge is 0.217 e. The Morgan fingerprint density at radius 2 is 0.284 bits per heavy atom. The topological polar surface area (TPSA) is 0 Å². The molecule has 0 bridgehead atoms. The van der Waals surface area contributed by atoms with Gasteiger partial charge < -0.3 is 0 Å². The Morgan fingerprint density at radius 3 is 0.388 bits per heavy atom. The lowest BCUT2D eigenvalue weighted by Gasteiger charge is -2.53. The van der Waals surface area contributed by atoms with Gasteiger partial charge in [-0.3, -0.25) is 0 Å². The Kier molecular flexibility index (Phi) is 17.6. The molecule has 0 aliphatic carbocycles. The standard InChI is InChI=1S/C20Br11F35S/c21-1(32,10(41,42)2(22,33)12(45,46)4(24,35)14(49,50)6(26,37)16(53,54)8(28,39)18(57,58)19(30,31)59)11(43,44)3(23,34)13(47,48)5(25,36)15(51,52)7(27,38)17(55,56)9(29,40)20(60,61)67(62,63,64,65)66. The summed E-state index contributed by atoms with van der Waals surface area (Å²) in [7, 11) is -13.5. The average Bonchev–Trinajstić information content (AvgIpc) is 3.04. The van der Waals surface area contributed by atoms with Crippen LogP contribution >= 0.6 is 185 Å². The summed E-state index contributed by atoms with van der Waals surface area (Å²) in [6.07, 6.45) is 0. The van der Waals surface area contributed by atoms with Gasteiger partial charge in [0.25, 0.3) is 40.1 Å². The van der Waals surface area contributed by atoms with Crippen molar-refractivity contribution in [3.05, 3.63) is 0 Å². The molecular weight excluding hydrogens is 1820 g/mol. The summed E-state index contributed by atoms with van der Waals surface area (Å²) in [6, 6.07) is 0. The van der Waals surface area contributed by atoms with Gasteiger partial charge in [0.1, 0.15) is 0 Å². The Labute approximate surface area is 435 Å². The van der Waals surface area contributed by atoms with Gasteiger partial charge in [0.15, 0.2) is 0 Å². The fourth-order valence-corrected chi connectivity index (χ4v) is 13.1. The second-order valence-electron chi connectivity index (χ2n) is 12.3. The molecule has 0 aromatic heterocycles. The SMILES string of the molecule is FC(Br)(Br)C(F)(F)C(F)(Br)C(F)(F)C(F)(Br)C(F)(F)C(F)(Br)C(F)(F)C(F)(Br)C(F)(F)C(F)(Br)C(F)(F)C(F)(Br)C(F)(F)C(F)(Br)C(F)(F)C(F)(Br)C(F)(F)C(F)(Br)C(F)(F)S(F)(F)(F)(F)F. The second kappa shape index (κ2) is 16.8. The van der Waals surface area contributed by atoms with E-state index in [4.69, 9.17) is 0 Å². The Balaban J connectivity index is 8.11. The van der Waals surface area contributed by atoms with Crippen LogP contribution in [0, 0.1) is 0 Å². The van der Waals surface area contributed by atoms with E-state index in [2.05, 4.69) is 0 Å². The molecule has 0 spiro atoms. The number of rotatable bonds is 20. The van der Waals surface area contributed by atoms with Gasteiger partial charge in [0.05, 0.1) is 0 Å². The van der Waals surface area contributed by atoms with Crippen molar-refractivity contribution in [1.82, 2.24) is 0 Å². The predicted molar refractivity (Wildman–Crippen MR) is 199 cm³/mol. The molecule has 0 fully saturated rings. The quantitative estimate of drug-likeness (QED) is 0.0842. The van der Waals surface area contributed by atoms with Crippen LogP contribution in [0.5, 0.6) is 0 Å². The zero-order chi connectivity index (χ0) is 56.4.